The highest BCUT2D eigenvalue weighted by atomic mass is 19.4. The molecule has 6 nitrogen and oxygen atoms in total. The molecule has 1 aliphatic rings. The van der Waals surface area contributed by atoms with Crippen molar-refractivity contribution in [3.05, 3.63) is 36.1 Å². The molecule has 1 aliphatic heterocycles. The molecule has 0 aromatic carbocycles. The zero-order valence-electron chi connectivity index (χ0n) is 8.69. The van der Waals surface area contributed by atoms with Crippen LogP contribution in [0.3, 0.4) is 0 Å². The van der Waals surface area contributed by atoms with E-state index in [1.165, 1.54) is 24.4 Å². The maximum Gasteiger partial charge on any atom is 0.453 e. The Labute approximate surface area is 98.2 Å². The highest BCUT2D eigenvalue weighted by Gasteiger charge is 2.44. The van der Waals surface area contributed by atoms with Crippen molar-refractivity contribution in [1.29, 1.82) is 0 Å². The molecule has 2 heterocycles. The zero-order chi connectivity index (χ0) is 13.4. The molecule has 3 N–H and O–H groups in total. The lowest BCUT2D eigenvalue weighted by Gasteiger charge is -2.25. The van der Waals surface area contributed by atoms with Crippen molar-refractivity contribution in [2.24, 2.45) is 0 Å². The summed E-state index contributed by atoms with van der Waals surface area (Å²) in [6.07, 6.45) is 0.630. The van der Waals surface area contributed by atoms with E-state index in [0.717, 1.165) is 0 Å². The van der Waals surface area contributed by atoms with Crippen LogP contribution >= 0.6 is 0 Å². The number of halogens is 3. The first-order valence-corrected chi connectivity index (χ1v) is 4.72. The first-order chi connectivity index (χ1) is 8.36. The Hall–Kier alpha value is -2.32. The van der Waals surface area contributed by atoms with Gasteiger partial charge in [-0.1, -0.05) is 6.08 Å². The standard InChI is InChI=1S/C9H7F3N4O2/c10-9(11,12)6-14-5(15-16-6)8(7(17)18)3-1-2-4-13-8/h1-4,13H,(H,17,18)(H,14,15,16). The normalized spacial score (nSPS) is 22.8. The SMILES string of the molecule is O=C(O)C1(c2nc(C(F)(F)F)n[nH]2)C=CC=CN1. The van der Waals surface area contributed by atoms with E-state index in [2.05, 4.69) is 15.4 Å². The molecule has 0 saturated carbocycles. The number of carboxylic acid groups (broad SMARTS) is 1. The van der Waals surface area contributed by atoms with E-state index >= 15 is 0 Å². The van der Waals surface area contributed by atoms with E-state index in [1.54, 1.807) is 0 Å². The maximum absolute atomic E-state index is 12.3. The second-order valence-corrected chi connectivity index (χ2v) is 3.48. The topological polar surface area (TPSA) is 90.9 Å². The smallest absolute Gasteiger partial charge is 0.453 e. The molecule has 96 valence electrons. The van der Waals surface area contributed by atoms with Gasteiger partial charge in [0, 0.05) is 0 Å². The van der Waals surface area contributed by atoms with Crippen LogP contribution in [0.4, 0.5) is 13.2 Å². The van der Waals surface area contributed by atoms with Gasteiger partial charge in [0.25, 0.3) is 5.82 Å². The number of hydrogen-bond acceptors (Lipinski definition) is 4. The summed E-state index contributed by atoms with van der Waals surface area (Å²) in [5.41, 5.74) is -1.87. The molecule has 0 amide bonds. The molecule has 1 unspecified atom stereocenters. The fraction of sp³-hybridized carbons (Fsp3) is 0.222. The molecule has 0 radical (unpaired) electrons. The van der Waals surface area contributed by atoms with Gasteiger partial charge in [-0.3, -0.25) is 5.10 Å². The molecule has 0 fully saturated rings. The summed E-state index contributed by atoms with van der Waals surface area (Å²) in [7, 11) is 0. The molecule has 1 aromatic rings. The van der Waals surface area contributed by atoms with Gasteiger partial charge in [-0.2, -0.15) is 13.2 Å². The number of carboxylic acids is 1. The van der Waals surface area contributed by atoms with E-state index < -0.39 is 29.3 Å². The lowest BCUT2D eigenvalue weighted by molar-refractivity contribution is -0.146. The predicted octanol–water partition coefficient (Wildman–Crippen LogP) is 0.776. The number of aliphatic carboxylic acids is 1. The van der Waals surface area contributed by atoms with E-state index in [4.69, 9.17) is 5.11 Å². The average Bonchev–Trinajstić information content (AvgIpc) is 2.79. The third kappa shape index (κ3) is 1.83. The third-order valence-corrected chi connectivity index (χ3v) is 2.31. The molecule has 0 saturated heterocycles. The fourth-order valence-electron chi connectivity index (χ4n) is 1.43. The molecule has 0 bridgehead atoms. The van der Waals surface area contributed by atoms with Crippen LogP contribution in [0.1, 0.15) is 11.6 Å². The quantitative estimate of drug-likeness (QED) is 0.730. The van der Waals surface area contributed by atoms with Gasteiger partial charge < -0.3 is 10.4 Å². The summed E-state index contributed by atoms with van der Waals surface area (Å²) in [6, 6.07) is 0. The Morgan fingerprint density at radius 2 is 2.11 bits per heavy atom. The summed E-state index contributed by atoms with van der Waals surface area (Å²) in [6.45, 7) is 0. The first-order valence-electron chi connectivity index (χ1n) is 4.72. The number of hydrogen-bond donors (Lipinski definition) is 3. The van der Waals surface area contributed by atoms with Crippen molar-refractivity contribution in [2.75, 3.05) is 0 Å². The molecule has 1 aromatic heterocycles. The molecular formula is C9H7F3N4O2. The van der Waals surface area contributed by atoms with E-state index in [0.29, 0.717) is 0 Å². The fourth-order valence-corrected chi connectivity index (χ4v) is 1.43. The number of aromatic amines is 1. The van der Waals surface area contributed by atoms with Gasteiger partial charge in [-0.25, -0.2) is 9.78 Å². The van der Waals surface area contributed by atoms with Gasteiger partial charge in [-0.15, -0.1) is 5.10 Å². The lowest BCUT2D eigenvalue weighted by atomic mass is 9.96. The van der Waals surface area contributed by atoms with Gasteiger partial charge in [0.1, 0.15) is 0 Å². The molecule has 2 rings (SSSR count). The Balaban J connectivity index is 2.45. The van der Waals surface area contributed by atoms with Crippen LogP contribution in [-0.2, 0) is 16.5 Å². The lowest BCUT2D eigenvalue weighted by Crippen LogP contribution is -2.47. The van der Waals surface area contributed by atoms with E-state index in [9.17, 15) is 18.0 Å². The number of rotatable bonds is 2. The Kier molecular flexibility index (Phi) is 2.60. The minimum absolute atomic E-state index is 0.442. The summed E-state index contributed by atoms with van der Waals surface area (Å²) in [5, 5.41) is 16.5. The number of allylic oxidation sites excluding steroid dienone is 2. The van der Waals surface area contributed by atoms with Gasteiger partial charge >= 0.3 is 12.1 Å². The number of H-pyrrole nitrogens is 1. The number of nitrogens with zero attached hydrogens (tertiary/aromatic N) is 2. The van der Waals surface area contributed by atoms with Crippen molar-refractivity contribution in [1.82, 2.24) is 20.5 Å². The largest absolute Gasteiger partial charge is 0.479 e. The minimum atomic E-state index is -4.73. The monoisotopic (exact) mass is 260 g/mol. The van der Waals surface area contributed by atoms with Gasteiger partial charge in [0.15, 0.2) is 5.82 Å². The summed E-state index contributed by atoms with van der Waals surface area (Å²) >= 11 is 0. The number of dihydropyridines is 1. The van der Waals surface area contributed by atoms with Crippen molar-refractivity contribution in [2.45, 2.75) is 11.7 Å². The second-order valence-electron chi connectivity index (χ2n) is 3.48. The minimum Gasteiger partial charge on any atom is -0.479 e. The molecule has 9 heteroatoms. The van der Waals surface area contributed by atoms with Crippen molar-refractivity contribution in [3.63, 3.8) is 0 Å². The number of nitrogens with one attached hydrogen (secondary N) is 2. The van der Waals surface area contributed by atoms with Crippen LogP contribution in [0.15, 0.2) is 24.4 Å². The Bertz CT molecular complexity index is 534. The summed E-state index contributed by atoms with van der Waals surface area (Å²) in [5.74, 6) is -3.25. The van der Waals surface area contributed by atoms with Crippen molar-refractivity contribution in [3.8, 4) is 0 Å². The molecule has 0 spiro atoms. The van der Waals surface area contributed by atoms with Crippen LogP contribution in [0.25, 0.3) is 0 Å². The summed E-state index contributed by atoms with van der Waals surface area (Å²) in [4.78, 5) is 14.4. The van der Waals surface area contributed by atoms with Crippen LogP contribution in [-0.4, -0.2) is 26.3 Å². The first kappa shape index (κ1) is 12.1. The number of carbonyl (C=O) groups is 1. The number of alkyl halides is 3. The highest BCUT2D eigenvalue weighted by molar-refractivity contribution is 5.82. The van der Waals surface area contributed by atoms with Gasteiger partial charge in [0.05, 0.1) is 0 Å². The zero-order valence-corrected chi connectivity index (χ0v) is 8.69. The molecule has 0 aliphatic carbocycles. The Morgan fingerprint density at radius 1 is 1.39 bits per heavy atom. The maximum atomic E-state index is 12.3. The predicted molar refractivity (Wildman–Crippen MR) is 52.1 cm³/mol. The molecule has 1 atom stereocenters. The van der Waals surface area contributed by atoms with Crippen LogP contribution in [0, 0.1) is 0 Å². The highest BCUT2D eigenvalue weighted by Crippen LogP contribution is 2.29. The Morgan fingerprint density at radius 3 is 2.56 bits per heavy atom. The molecular weight excluding hydrogens is 253 g/mol. The summed E-state index contributed by atoms with van der Waals surface area (Å²) < 4.78 is 37.0. The van der Waals surface area contributed by atoms with Crippen molar-refractivity contribution >= 4 is 5.97 Å². The average molecular weight is 260 g/mol. The number of aromatic nitrogens is 3. The third-order valence-electron chi connectivity index (χ3n) is 2.31. The molecule has 18 heavy (non-hydrogen) atoms. The van der Waals surface area contributed by atoms with Gasteiger partial charge in [-0.05, 0) is 18.4 Å². The van der Waals surface area contributed by atoms with E-state index in [-0.39, 0.29) is 0 Å². The van der Waals surface area contributed by atoms with Crippen LogP contribution in [0.2, 0.25) is 0 Å². The van der Waals surface area contributed by atoms with Gasteiger partial charge in [0.2, 0.25) is 5.54 Å². The van der Waals surface area contributed by atoms with E-state index in [1.807, 2.05) is 5.10 Å². The second kappa shape index (κ2) is 3.86. The van der Waals surface area contributed by atoms with Crippen LogP contribution < -0.4 is 5.32 Å². The van der Waals surface area contributed by atoms with Crippen LogP contribution in [0.5, 0.6) is 0 Å². The van der Waals surface area contributed by atoms with Crippen molar-refractivity contribution < 1.29 is 23.1 Å².